The number of hydrogen-bond acceptors (Lipinski definition) is 1. The van der Waals surface area contributed by atoms with Crippen molar-refractivity contribution in [2.24, 2.45) is 0 Å². The Morgan fingerprint density at radius 3 is 2.83 bits per heavy atom. The molecule has 32 valence electrons. The summed E-state index contributed by atoms with van der Waals surface area (Å²) in [5.74, 6) is 0.366. The molecule has 0 saturated carbocycles. The lowest BCUT2D eigenvalue weighted by Crippen LogP contribution is -1.87. The highest BCUT2D eigenvalue weighted by molar-refractivity contribution is 6.66. The summed E-state index contributed by atoms with van der Waals surface area (Å²) in [5, 5.41) is 0. The summed E-state index contributed by atoms with van der Waals surface area (Å²) in [7, 11) is 0.418. The van der Waals surface area contributed by atoms with Gasteiger partial charge in [0.2, 0.25) is 0 Å². The average Bonchev–Trinajstić information content (AvgIpc) is 1.86. The van der Waals surface area contributed by atoms with Crippen molar-refractivity contribution in [3.63, 3.8) is 0 Å². The van der Waals surface area contributed by atoms with Crippen LogP contribution < -0.4 is 0 Å². The molecule has 0 aromatic heterocycles. The van der Waals surface area contributed by atoms with E-state index in [2.05, 4.69) is 0 Å². The molecule has 2 heteroatoms. The maximum Gasteiger partial charge on any atom is 0.150 e. The van der Waals surface area contributed by atoms with Crippen molar-refractivity contribution in [2.75, 3.05) is 0 Å². The third-order valence-corrected chi connectivity index (χ3v) is 2.09. The molecular formula is C4H6OSi. The fourth-order valence-corrected chi connectivity index (χ4v) is 1.57. The monoisotopic (exact) mass is 98.0 g/mol. The molecule has 1 rings (SSSR count). The van der Waals surface area contributed by atoms with Crippen molar-refractivity contribution in [1.82, 2.24) is 0 Å². The van der Waals surface area contributed by atoms with E-state index in [-0.39, 0.29) is 0 Å². The first-order chi connectivity index (χ1) is 2.89. The van der Waals surface area contributed by atoms with Crippen molar-refractivity contribution in [2.45, 2.75) is 12.5 Å². The highest BCUT2D eigenvalue weighted by Crippen LogP contribution is 1.90. The van der Waals surface area contributed by atoms with Gasteiger partial charge in [-0.15, -0.1) is 0 Å². The first kappa shape index (κ1) is 3.93. The number of carbonyl (C=O) groups is 1. The van der Waals surface area contributed by atoms with Crippen LogP contribution in [0.1, 0.15) is 6.42 Å². The lowest BCUT2D eigenvalue weighted by Gasteiger charge is -1.71. The van der Waals surface area contributed by atoms with Crippen LogP contribution in [0.2, 0.25) is 6.04 Å². The largest absolute Gasteiger partial charge is 0.295 e. The minimum atomic E-state index is 0.366. The van der Waals surface area contributed by atoms with Gasteiger partial charge in [0.05, 0.1) is 0 Å². The molecule has 6 heavy (non-hydrogen) atoms. The zero-order valence-electron chi connectivity index (χ0n) is 3.48. The maximum atomic E-state index is 10.2. The Morgan fingerprint density at radius 2 is 2.67 bits per heavy atom. The van der Waals surface area contributed by atoms with E-state index in [1.165, 1.54) is 6.04 Å². The van der Waals surface area contributed by atoms with Crippen LogP contribution in [0.25, 0.3) is 0 Å². The summed E-state index contributed by atoms with van der Waals surface area (Å²) < 4.78 is 0. The van der Waals surface area contributed by atoms with Crippen LogP contribution in [0.3, 0.4) is 0 Å². The zero-order chi connectivity index (χ0) is 4.41. The van der Waals surface area contributed by atoms with Crippen LogP contribution >= 0.6 is 0 Å². The van der Waals surface area contributed by atoms with E-state index in [0.717, 1.165) is 6.42 Å². The second kappa shape index (κ2) is 1.47. The molecule has 0 atom stereocenters. The number of carbonyl (C=O) groups excluding carboxylic acids is 1. The van der Waals surface area contributed by atoms with E-state index >= 15 is 0 Å². The smallest absolute Gasteiger partial charge is 0.150 e. The summed E-state index contributed by atoms with van der Waals surface area (Å²) in [6.45, 7) is 0. The van der Waals surface area contributed by atoms with Crippen molar-refractivity contribution >= 4 is 20.6 Å². The Kier molecular flexibility index (Phi) is 0.963. The van der Waals surface area contributed by atoms with Gasteiger partial charge >= 0.3 is 0 Å². The van der Waals surface area contributed by atoms with Crippen LogP contribution in [0.4, 0.5) is 0 Å². The molecule has 0 spiro atoms. The highest BCUT2D eigenvalue weighted by Gasteiger charge is 1.98. The van der Waals surface area contributed by atoms with Gasteiger partial charge in [0.25, 0.3) is 0 Å². The van der Waals surface area contributed by atoms with E-state index in [0.29, 0.717) is 14.9 Å². The Bertz CT molecular complexity index is 95.7. The molecule has 0 fully saturated rings. The predicted molar refractivity (Wildman–Crippen MR) is 27.6 cm³/mol. The van der Waals surface area contributed by atoms with E-state index < -0.39 is 0 Å². The molecule has 0 aromatic carbocycles. The quantitative estimate of drug-likeness (QED) is 0.377. The third-order valence-electron chi connectivity index (χ3n) is 0.861. The molecule has 0 N–H and O–H groups in total. The molecule has 1 aliphatic rings. The molecule has 0 unspecified atom stereocenters. The van der Waals surface area contributed by atoms with Crippen LogP contribution in [-0.2, 0) is 4.79 Å². The summed E-state index contributed by atoms with van der Waals surface area (Å²) in [6.07, 6.45) is 0.829. The topological polar surface area (TPSA) is 17.1 Å². The third kappa shape index (κ3) is 0.625. The van der Waals surface area contributed by atoms with Crippen molar-refractivity contribution < 1.29 is 4.79 Å². The Balaban J connectivity index is 2.59. The second-order valence-electron chi connectivity index (χ2n) is 1.41. The summed E-state index contributed by atoms with van der Waals surface area (Å²) in [5.41, 5.74) is 1.85. The van der Waals surface area contributed by atoms with Gasteiger partial charge in [-0.25, -0.2) is 0 Å². The molecule has 1 aliphatic heterocycles. The minimum absolute atomic E-state index is 0.366. The number of ketones is 1. The molecule has 0 aliphatic carbocycles. The fourth-order valence-electron chi connectivity index (χ4n) is 0.524. The van der Waals surface area contributed by atoms with Crippen molar-refractivity contribution in [3.8, 4) is 0 Å². The average molecular weight is 98.2 g/mol. The SMILES string of the molecule is O=C1C=[SiH]CC1. The second-order valence-corrected chi connectivity index (χ2v) is 2.79. The van der Waals surface area contributed by atoms with E-state index in [1.54, 1.807) is 0 Å². The summed E-state index contributed by atoms with van der Waals surface area (Å²) in [6, 6.07) is 1.17. The van der Waals surface area contributed by atoms with Gasteiger partial charge in [-0.2, -0.15) is 0 Å². The molecular weight excluding hydrogens is 92.1 g/mol. The summed E-state index contributed by atoms with van der Waals surface area (Å²) in [4.78, 5) is 10.2. The molecule has 1 heterocycles. The van der Waals surface area contributed by atoms with Crippen LogP contribution in [0, 0.1) is 0 Å². The zero-order valence-corrected chi connectivity index (χ0v) is 4.63. The van der Waals surface area contributed by atoms with E-state index in [1.807, 2.05) is 5.67 Å². The minimum Gasteiger partial charge on any atom is -0.295 e. The summed E-state index contributed by atoms with van der Waals surface area (Å²) >= 11 is 0. The van der Waals surface area contributed by atoms with Gasteiger partial charge in [0, 0.05) is 6.42 Å². The molecule has 0 bridgehead atoms. The van der Waals surface area contributed by atoms with Crippen LogP contribution in [-0.4, -0.2) is 20.6 Å². The number of hydrogen-bond donors (Lipinski definition) is 0. The lowest BCUT2D eigenvalue weighted by atomic mass is 10.4. The van der Waals surface area contributed by atoms with E-state index in [4.69, 9.17) is 0 Å². The highest BCUT2D eigenvalue weighted by atomic mass is 28.2. The van der Waals surface area contributed by atoms with Crippen LogP contribution in [0.5, 0.6) is 0 Å². The predicted octanol–water partition coefficient (Wildman–Crippen LogP) is -0.384. The first-order valence-electron chi connectivity index (χ1n) is 2.09. The molecule has 1 nitrogen and oxygen atoms in total. The number of rotatable bonds is 0. The molecule has 0 saturated heterocycles. The van der Waals surface area contributed by atoms with Gasteiger partial charge in [0.15, 0.2) is 5.78 Å². The molecule has 0 amide bonds. The van der Waals surface area contributed by atoms with Crippen molar-refractivity contribution in [1.29, 1.82) is 0 Å². The Hall–Kier alpha value is -0.243. The number of Topliss-reactive ketones (excluding diaryl/α,β-unsaturated/α-hetero) is 1. The van der Waals surface area contributed by atoms with Gasteiger partial charge in [-0.05, 0) is 20.8 Å². The normalized spacial score (nSPS) is 19.7. The standard InChI is InChI=1S/C4H6OSi/c5-4-1-2-6-3-4/h3,6H,1-2H2. The van der Waals surface area contributed by atoms with Gasteiger partial charge in [-0.3, -0.25) is 4.79 Å². The van der Waals surface area contributed by atoms with Gasteiger partial charge in [0.1, 0.15) is 0 Å². The van der Waals surface area contributed by atoms with E-state index in [9.17, 15) is 4.79 Å². The molecule has 0 aromatic rings. The van der Waals surface area contributed by atoms with Crippen molar-refractivity contribution in [3.05, 3.63) is 0 Å². The Morgan fingerprint density at radius 1 is 1.83 bits per heavy atom. The lowest BCUT2D eigenvalue weighted by molar-refractivity contribution is -0.111. The first-order valence-corrected chi connectivity index (χ1v) is 3.57. The van der Waals surface area contributed by atoms with Gasteiger partial charge < -0.3 is 0 Å². The fraction of sp³-hybridized carbons (Fsp3) is 0.500. The van der Waals surface area contributed by atoms with Crippen LogP contribution in [0.15, 0.2) is 0 Å². The Labute approximate surface area is 38.8 Å². The molecule has 0 radical (unpaired) electrons. The maximum absolute atomic E-state index is 10.2. The van der Waals surface area contributed by atoms with Gasteiger partial charge in [-0.1, -0.05) is 0 Å².